The lowest BCUT2D eigenvalue weighted by Crippen LogP contribution is -2.34. The monoisotopic (exact) mass is 267 g/mol. The highest BCUT2D eigenvalue weighted by molar-refractivity contribution is 6.18. The van der Waals surface area contributed by atoms with Gasteiger partial charge in [-0.3, -0.25) is 0 Å². The number of halogens is 1. The summed E-state index contributed by atoms with van der Waals surface area (Å²) in [5.41, 5.74) is 0. The molecule has 1 aromatic rings. The number of rotatable bonds is 7. The molecule has 1 saturated carbocycles. The third-order valence-electron chi connectivity index (χ3n) is 3.60. The van der Waals surface area contributed by atoms with Crippen LogP contribution >= 0.6 is 11.6 Å². The molecule has 0 aliphatic heterocycles. The summed E-state index contributed by atoms with van der Waals surface area (Å²) in [6.07, 6.45) is 4.91. The zero-order valence-corrected chi connectivity index (χ0v) is 11.5. The van der Waals surface area contributed by atoms with Crippen molar-refractivity contribution in [3.05, 3.63) is 30.3 Å². The van der Waals surface area contributed by atoms with Crippen molar-refractivity contribution in [1.82, 2.24) is 5.32 Å². The zero-order chi connectivity index (χ0) is 12.6. The summed E-state index contributed by atoms with van der Waals surface area (Å²) < 4.78 is 5.66. The molecule has 0 spiro atoms. The van der Waals surface area contributed by atoms with E-state index in [9.17, 15) is 0 Å². The average Bonchev–Trinajstić information content (AvgIpc) is 2.87. The Hall–Kier alpha value is -0.730. The maximum absolute atomic E-state index is 5.96. The Balaban J connectivity index is 1.56. The minimum Gasteiger partial charge on any atom is -0.494 e. The fraction of sp³-hybridized carbons (Fsp3) is 0.600. The average molecular weight is 268 g/mol. The molecule has 0 radical (unpaired) electrons. The number of hydrogen-bond acceptors (Lipinski definition) is 2. The molecule has 100 valence electrons. The van der Waals surface area contributed by atoms with E-state index in [4.69, 9.17) is 16.3 Å². The number of para-hydroxylation sites is 1. The van der Waals surface area contributed by atoms with Crippen molar-refractivity contribution in [3.8, 4) is 5.75 Å². The Bertz CT molecular complexity index is 331. The molecule has 2 nitrogen and oxygen atoms in total. The minimum absolute atomic E-state index is 0.624. The lowest BCUT2D eigenvalue weighted by atomic mass is 10.1. The Morgan fingerprint density at radius 3 is 2.83 bits per heavy atom. The normalized spacial score (nSPS) is 23.2. The van der Waals surface area contributed by atoms with Crippen LogP contribution in [0.3, 0.4) is 0 Å². The van der Waals surface area contributed by atoms with Gasteiger partial charge in [-0.15, -0.1) is 11.6 Å². The second-order valence-electron chi connectivity index (χ2n) is 4.92. The van der Waals surface area contributed by atoms with Gasteiger partial charge >= 0.3 is 0 Å². The number of hydrogen-bond donors (Lipinski definition) is 1. The summed E-state index contributed by atoms with van der Waals surface area (Å²) in [7, 11) is 0. The molecule has 0 aromatic heterocycles. The first-order chi connectivity index (χ1) is 8.90. The molecule has 0 saturated heterocycles. The maximum Gasteiger partial charge on any atom is 0.119 e. The van der Waals surface area contributed by atoms with Crippen LogP contribution in [0, 0.1) is 5.92 Å². The van der Waals surface area contributed by atoms with Crippen LogP contribution in [0.2, 0.25) is 0 Å². The van der Waals surface area contributed by atoms with Crippen LogP contribution in [0.15, 0.2) is 30.3 Å². The lowest BCUT2D eigenvalue weighted by Gasteiger charge is -2.18. The summed E-state index contributed by atoms with van der Waals surface area (Å²) in [6.45, 7) is 1.79. The van der Waals surface area contributed by atoms with Gasteiger partial charge in [0.05, 0.1) is 6.61 Å². The van der Waals surface area contributed by atoms with Crippen molar-refractivity contribution < 1.29 is 4.74 Å². The molecule has 0 bridgehead atoms. The SMILES string of the molecule is ClCC1CCCC1NCCCOc1ccccc1. The quantitative estimate of drug-likeness (QED) is 0.604. The smallest absolute Gasteiger partial charge is 0.119 e. The second kappa shape index (κ2) is 7.65. The van der Waals surface area contributed by atoms with Gasteiger partial charge < -0.3 is 10.1 Å². The first-order valence-corrected chi connectivity index (χ1v) is 7.41. The van der Waals surface area contributed by atoms with Gasteiger partial charge in [0.1, 0.15) is 5.75 Å². The Morgan fingerprint density at radius 1 is 1.22 bits per heavy atom. The predicted molar refractivity (Wildman–Crippen MR) is 76.4 cm³/mol. The van der Waals surface area contributed by atoms with Gasteiger partial charge in [0.2, 0.25) is 0 Å². The van der Waals surface area contributed by atoms with E-state index in [1.165, 1.54) is 19.3 Å². The summed E-state index contributed by atoms with van der Waals surface area (Å²) >= 11 is 5.96. The Labute approximate surface area is 115 Å². The molecule has 2 atom stereocenters. The van der Waals surface area contributed by atoms with Gasteiger partial charge in [-0.05, 0) is 43.9 Å². The first-order valence-electron chi connectivity index (χ1n) is 6.87. The lowest BCUT2D eigenvalue weighted by molar-refractivity contribution is 0.301. The summed E-state index contributed by atoms with van der Waals surface area (Å²) in [6, 6.07) is 10.6. The number of benzene rings is 1. The van der Waals surface area contributed by atoms with E-state index in [1.54, 1.807) is 0 Å². The third kappa shape index (κ3) is 4.18. The van der Waals surface area contributed by atoms with Crippen molar-refractivity contribution in [1.29, 1.82) is 0 Å². The van der Waals surface area contributed by atoms with Gasteiger partial charge in [0.15, 0.2) is 0 Å². The molecule has 0 heterocycles. The van der Waals surface area contributed by atoms with Crippen molar-refractivity contribution in [2.24, 2.45) is 5.92 Å². The van der Waals surface area contributed by atoms with E-state index in [1.807, 2.05) is 30.3 Å². The van der Waals surface area contributed by atoms with Crippen LogP contribution in [0.4, 0.5) is 0 Å². The highest BCUT2D eigenvalue weighted by atomic mass is 35.5. The molecular formula is C15H22ClNO. The van der Waals surface area contributed by atoms with Crippen molar-refractivity contribution >= 4 is 11.6 Å². The Kier molecular flexibility index (Phi) is 5.82. The van der Waals surface area contributed by atoms with Crippen molar-refractivity contribution in [3.63, 3.8) is 0 Å². The molecular weight excluding hydrogens is 246 g/mol. The fourth-order valence-electron chi connectivity index (χ4n) is 2.56. The fourth-order valence-corrected chi connectivity index (χ4v) is 2.93. The molecule has 2 rings (SSSR count). The summed E-state index contributed by atoms with van der Waals surface area (Å²) in [5.74, 6) is 2.41. The molecule has 2 unspecified atom stereocenters. The summed E-state index contributed by atoms with van der Waals surface area (Å²) in [4.78, 5) is 0. The second-order valence-corrected chi connectivity index (χ2v) is 5.23. The number of nitrogens with one attached hydrogen (secondary N) is 1. The molecule has 1 aliphatic rings. The third-order valence-corrected chi connectivity index (χ3v) is 3.99. The zero-order valence-electron chi connectivity index (χ0n) is 10.8. The molecule has 1 N–H and O–H groups in total. The summed E-state index contributed by atoms with van der Waals surface area (Å²) in [5, 5.41) is 3.60. The van der Waals surface area contributed by atoms with Crippen molar-refractivity contribution in [2.75, 3.05) is 19.0 Å². The van der Waals surface area contributed by atoms with Gasteiger partial charge in [-0.2, -0.15) is 0 Å². The number of ether oxygens (including phenoxy) is 1. The first kappa shape index (κ1) is 13.7. The molecule has 1 fully saturated rings. The van der Waals surface area contributed by atoms with Crippen molar-refractivity contribution in [2.45, 2.75) is 31.7 Å². The molecule has 1 aliphatic carbocycles. The van der Waals surface area contributed by atoms with E-state index < -0.39 is 0 Å². The molecule has 1 aromatic carbocycles. The van der Waals surface area contributed by atoms with Crippen LogP contribution in [0.25, 0.3) is 0 Å². The molecule has 3 heteroatoms. The van der Waals surface area contributed by atoms with Crippen LogP contribution < -0.4 is 10.1 Å². The van der Waals surface area contributed by atoms with Crippen LogP contribution in [0.5, 0.6) is 5.75 Å². The van der Waals surface area contributed by atoms with E-state index in [0.717, 1.165) is 31.2 Å². The number of alkyl halides is 1. The largest absolute Gasteiger partial charge is 0.494 e. The van der Waals surface area contributed by atoms with E-state index >= 15 is 0 Å². The van der Waals surface area contributed by atoms with Crippen LogP contribution in [-0.2, 0) is 0 Å². The van der Waals surface area contributed by atoms with Gasteiger partial charge in [0.25, 0.3) is 0 Å². The maximum atomic E-state index is 5.96. The highest BCUT2D eigenvalue weighted by Crippen LogP contribution is 2.26. The predicted octanol–water partition coefficient (Wildman–Crippen LogP) is 3.45. The van der Waals surface area contributed by atoms with Crippen LogP contribution in [0.1, 0.15) is 25.7 Å². The van der Waals surface area contributed by atoms with Crippen LogP contribution in [-0.4, -0.2) is 25.1 Å². The Morgan fingerprint density at radius 2 is 2.06 bits per heavy atom. The van der Waals surface area contributed by atoms with Gasteiger partial charge in [-0.1, -0.05) is 24.6 Å². The van der Waals surface area contributed by atoms with E-state index in [2.05, 4.69) is 5.32 Å². The standard InChI is InChI=1S/C15H22ClNO/c16-12-13-6-4-9-15(13)17-10-5-11-18-14-7-2-1-3-8-14/h1-3,7-8,13,15,17H,4-6,9-12H2. The van der Waals surface area contributed by atoms with Gasteiger partial charge in [-0.25, -0.2) is 0 Å². The van der Waals surface area contributed by atoms with E-state index in [0.29, 0.717) is 12.0 Å². The minimum atomic E-state index is 0.624. The molecule has 0 amide bonds. The van der Waals surface area contributed by atoms with Gasteiger partial charge in [0, 0.05) is 11.9 Å². The van der Waals surface area contributed by atoms with E-state index in [-0.39, 0.29) is 0 Å². The topological polar surface area (TPSA) is 21.3 Å². The highest BCUT2D eigenvalue weighted by Gasteiger charge is 2.25. The molecule has 18 heavy (non-hydrogen) atoms.